The van der Waals surface area contributed by atoms with Crippen LogP contribution in [0.5, 0.6) is 5.75 Å². The molecule has 0 spiro atoms. The first-order valence-electron chi connectivity index (χ1n) is 4.58. The van der Waals surface area contributed by atoms with Gasteiger partial charge in [0.05, 0.1) is 18.5 Å². The van der Waals surface area contributed by atoms with Crippen LogP contribution in [0.25, 0.3) is 0 Å². The van der Waals surface area contributed by atoms with Gasteiger partial charge in [-0.25, -0.2) is 5.14 Å². The van der Waals surface area contributed by atoms with Gasteiger partial charge in [0.2, 0.25) is 5.91 Å². The Balaban J connectivity index is 3.04. The molecule has 0 saturated heterocycles. The second-order valence-electron chi connectivity index (χ2n) is 3.24. The van der Waals surface area contributed by atoms with E-state index in [1.807, 2.05) is 0 Å². The maximum Gasteiger partial charge on any atom is 0.296 e. The van der Waals surface area contributed by atoms with Crippen LogP contribution in [-0.2, 0) is 15.0 Å². The van der Waals surface area contributed by atoms with Gasteiger partial charge in [-0.3, -0.25) is 9.52 Å². The predicted octanol–water partition coefficient (Wildman–Crippen LogP) is 0.269. The van der Waals surface area contributed by atoms with Gasteiger partial charge in [-0.15, -0.1) is 0 Å². The summed E-state index contributed by atoms with van der Waals surface area (Å²) in [5, 5.41) is 7.37. The van der Waals surface area contributed by atoms with Crippen LogP contribution in [0.4, 0.5) is 11.4 Å². The van der Waals surface area contributed by atoms with E-state index in [4.69, 9.17) is 9.88 Å². The van der Waals surface area contributed by atoms with Gasteiger partial charge in [-0.05, 0) is 12.1 Å². The van der Waals surface area contributed by atoms with Crippen LogP contribution in [0.2, 0.25) is 0 Å². The molecule has 0 aliphatic heterocycles. The van der Waals surface area contributed by atoms with Crippen LogP contribution >= 0.6 is 0 Å². The van der Waals surface area contributed by atoms with Crippen molar-refractivity contribution >= 4 is 27.5 Å². The van der Waals surface area contributed by atoms with Gasteiger partial charge in [0, 0.05) is 13.0 Å². The molecule has 7 nitrogen and oxygen atoms in total. The van der Waals surface area contributed by atoms with E-state index >= 15 is 0 Å². The van der Waals surface area contributed by atoms with Gasteiger partial charge >= 0.3 is 0 Å². The van der Waals surface area contributed by atoms with E-state index in [2.05, 4.69) is 10.0 Å². The molecule has 0 radical (unpaired) electrons. The molecule has 4 N–H and O–H groups in total. The van der Waals surface area contributed by atoms with Crippen molar-refractivity contribution in [1.29, 1.82) is 0 Å². The molecule has 0 unspecified atom stereocenters. The van der Waals surface area contributed by atoms with Crippen LogP contribution in [0.15, 0.2) is 18.2 Å². The van der Waals surface area contributed by atoms with E-state index in [0.717, 1.165) is 0 Å². The van der Waals surface area contributed by atoms with E-state index in [9.17, 15) is 13.2 Å². The Morgan fingerprint density at radius 1 is 1.41 bits per heavy atom. The number of carbonyl (C=O) groups is 1. The molecule has 0 aliphatic rings. The van der Waals surface area contributed by atoms with Gasteiger partial charge in [-0.2, -0.15) is 8.42 Å². The number of carbonyl (C=O) groups excluding carboxylic acids is 1. The fourth-order valence-electron chi connectivity index (χ4n) is 1.21. The van der Waals surface area contributed by atoms with Crippen LogP contribution < -0.4 is 19.9 Å². The zero-order valence-electron chi connectivity index (χ0n) is 9.35. The van der Waals surface area contributed by atoms with Crippen molar-refractivity contribution in [3.63, 3.8) is 0 Å². The lowest BCUT2D eigenvalue weighted by Gasteiger charge is -2.11. The smallest absolute Gasteiger partial charge is 0.296 e. The molecule has 8 heteroatoms. The topological polar surface area (TPSA) is 111 Å². The number of hydrogen-bond donors (Lipinski definition) is 3. The molecular weight excluding hydrogens is 246 g/mol. The van der Waals surface area contributed by atoms with Gasteiger partial charge < -0.3 is 10.1 Å². The quantitative estimate of drug-likeness (QED) is 0.720. The third kappa shape index (κ3) is 4.29. The Hall–Kier alpha value is -1.80. The molecule has 0 bridgehead atoms. The lowest BCUT2D eigenvalue weighted by molar-refractivity contribution is -0.114. The molecule has 0 aliphatic carbocycles. The first kappa shape index (κ1) is 13.3. The molecule has 1 amide bonds. The minimum atomic E-state index is -3.83. The van der Waals surface area contributed by atoms with E-state index in [-0.39, 0.29) is 11.6 Å². The fourth-order valence-corrected chi connectivity index (χ4v) is 1.67. The Kier molecular flexibility index (Phi) is 3.92. The molecule has 94 valence electrons. The maximum atomic E-state index is 10.9. The van der Waals surface area contributed by atoms with Crippen molar-refractivity contribution < 1.29 is 17.9 Å². The van der Waals surface area contributed by atoms with E-state index < -0.39 is 10.2 Å². The molecule has 17 heavy (non-hydrogen) atoms. The summed E-state index contributed by atoms with van der Waals surface area (Å²) in [6.07, 6.45) is 0. The van der Waals surface area contributed by atoms with Crippen LogP contribution in [-0.4, -0.2) is 21.4 Å². The summed E-state index contributed by atoms with van der Waals surface area (Å²) in [5.74, 6) is 0.0734. The minimum Gasteiger partial charge on any atom is -0.494 e. The van der Waals surface area contributed by atoms with E-state index in [1.165, 1.54) is 32.2 Å². The number of amides is 1. The largest absolute Gasteiger partial charge is 0.494 e. The summed E-state index contributed by atoms with van der Waals surface area (Å²) in [4.78, 5) is 10.9. The highest BCUT2D eigenvalue weighted by Crippen LogP contribution is 2.28. The minimum absolute atomic E-state index is 0.249. The third-order valence-corrected chi connectivity index (χ3v) is 2.29. The number of ether oxygens (including phenoxy) is 1. The van der Waals surface area contributed by atoms with Gasteiger partial charge in [-0.1, -0.05) is 0 Å². The summed E-state index contributed by atoms with van der Waals surface area (Å²) < 4.78 is 28.7. The predicted molar refractivity (Wildman–Crippen MR) is 64.0 cm³/mol. The highest BCUT2D eigenvalue weighted by molar-refractivity contribution is 7.90. The number of anilines is 2. The molecule has 0 heterocycles. The Morgan fingerprint density at radius 3 is 2.53 bits per heavy atom. The Bertz CT molecular complexity index is 527. The van der Waals surface area contributed by atoms with Crippen LogP contribution in [0.1, 0.15) is 6.92 Å². The number of hydrogen-bond acceptors (Lipinski definition) is 4. The van der Waals surface area contributed by atoms with E-state index in [0.29, 0.717) is 11.4 Å². The molecule has 0 fully saturated rings. The number of nitrogens with one attached hydrogen (secondary N) is 2. The molecular formula is C9H13N3O4S. The highest BCUT2D eigenvalue weighted by atomic mass is 32.2. The van der Waals surface area contributed by atoms with Crippen LogP contribution in [0, 0.1) is 0 Å². The molecule has 0 aromatic heterocycles. The van der Waals surface area contributed by atoms with Crippen molar-refractivity contribution in [2.75, 3.05) is 17.1 Å². The summed E-state index contributed by atoms with van der Waals surface area (Å²) in [6, 6.07) is 4.38. The summed E-state index contributed by atoms with van der Waals surface area (Å²) in [5.41, 5.74) is 0.693. The summed E-state index contributed by atoms with van der Waals surface area (Å²) in [6.45, 7) is 1.36. The first-order valence-corrected chi connectivity index (χ1v) is 6.12. The summed E-state index contributed by atoms with van der Waals surface area (Å²) >= 11 is 0. The van der Waals surface area contributed by atoms with Crippen molar-refractivity contribution in [3.05, 3.63) is 18.2 Å². The summed E-state index contributed by atoms with van der Waals surface area (Å²) in [7, 11) is -2.43. The van der Waals surface area contributed by atoms with Gasteiger partial charge in [0.1, 0.15) is 5.75 Å². The molecule has 1 aromatic rings. The zero-order chi connectivity index (χ0) is 13.1. The zero-order valence-corrected chi connectivity index (χ0v) is 10.2. The standard InChI is InChI=1S/C9H13N3O4S/c1-6(13)11-8-4-3-7(5-9(8)16-2)12-17(10,14)15/h3-5,12H,1-2H3,(H,11,13)(H2,10,14,15). The van der Waals surface area contributed by atoms with Crippen molar-refractivity contribution in [1.82, 2.24) is 0 Å². The van der Waals surface area contributed by atoms with Crippen molar-refractivity contribution in [3.8, 4) is 5.75 Å². The second-order valence-corrected chi connectivity index (χ2v) is 4.54. The molecule has 0 saturated carbocycles. The fraction of sp³-hybridized carbons (Fsp3) is 0.222. The monoisotopic (exact) mass is 259 g/mol. The van der Waals surface area contributed by atoms with Gasteiger partial charge in [0.15, 0.2) is 0 Å². The molecule has 1 rings (SSSR count). The van der Waals surface area contributed by atoms with Crippen LogP contribution in [0.3, 0.4) is 0 Å². The second kappa shape index (κ2) is 5.02. The molecule has 1 aromatic carbocycles. The van der Waals surface area contributed by atoms with Gasteiger partial charge in [0.25, 0.3) is 10.2 Å². The number of rotatable bonds is 4. The number of benzene rings is 1. The maximum absolute atomic E-state index is 10.9. The highest BCUT2D eigenvalue weighted by Gasteiger charge is 2.08. The normalized spacial score (nSPS) is 10.8. The van der Waals surface area contributed by atoms with Crippen molar-refractivity contribution in [2.24, 2.45) is 5.14 Å². The van der Waals surface area contributed by atoms with E-state index in [1.54, 1.807) is 0 Å². The average Bonchev–Trinajstić information content (AvgIpc) is 2.17. The lowest BCUT2D eigenvalue weighted by atomic mass is 10.2. The number of nitrogens with two attached hydrogens (primary N) is 1. The van der Waals surface area contributed by atoms with Crippen molar-refractivity contribution in [2.45, 2.75) is 6.92 Å². The Labute approximate surface area is 99.1 Å². The SMILES string of the molecule is COc1cc(NS(N)(=O)=O)ccc1NC(C)=O. The first-order chi connectivity index (χ1) is 7.81. The number of methoxy groups -OCH3 is 1. The molecule has 0 atom stereocenters. The lowest BCUT2D eigenvalue weighted by Crippen LogP contribution is -2.21. The third-order valence-electron chi connectivity index (χ3n) is 1.77. The Morgan fingerprint density at radius 2 is 2.06 bits per heavy atom. The average molecular weight is 259 g/mol.